The minimum absolute atomic E-state index is 0.0188. The zero-order valence-corrected chi connectivity index (χ0v) is 17.8. The van der Waals surface area contributed by atoms with Crippen LogP contribution in [0.5, 0.6) is 0 Å². The van der Waals surface area contributed by atoms with Gasteiger partial charge < -0.3 is 26.0 Å². The molecule has 170 valence electrons. The lowest BCUT2D eigenvalue weighted by Gasteiger charge is -2.40. The number of carbonyl (C=O) groups is 3. The topological polar surface area (TPSA) is 155 Å². The Labute approximate surface area is 185 Å². The highest BCUT2D eigenvalue weighted by molar-refractivity contribution is 5.86. The van der Waals surface area contributed by atoms with Crippen LogP contribution in [0.4, 0.5) is 11.6 Å². The first-order valence-corrected chi connectivity index (χ1v) is 10.4. The van der Waals surface area contributed by atoms with Gasteiger partial charge in [0.25, 0.3) is 6.47 Å². The zero-order chi connectivity index (χ0) is 23.1. The quantitative estimate of drug-likeness (QED) is 0.555. The summed E-state index contributed by atoms with van der Waals surface area (Å²) in [5.74, 6) is 0.775. The van der Waals surface area contributed by atoms with Crippen LogP contribution in [-0.2, 0) is 20.9 Å². The highest BCUT2D eigenvalue weighted by Gasteiger charge is 2.48. The van der Waals surface area contributed by atoms with Crippen LogP contribution in [-0.4, -0.2) is 68.4 Å². The molecule has 2 aromatic rings. The van der Waals surface area contributed by atoms with E-state index in [-0.39, 0.29) is 42.8 Å². The van der Waals surface area contributed by atoms with Crippen molar-refractivity contribution in [1.82, 2.24) is 25.2 Å². The maximum atomic E-state index is 12.9. The van der Waals surface area contributed by atoms with Gasteiger partial charge in [-0.3, -0.25) is 19.4 Å². The minimum atomic E-state index is -0.250. The molecule has 32 heavy (non-hydrogen) atoms. The number of anilines is 2. The molecule has 2 fully saturated rings. The standard InChI is InChI=1S/C20H25N7O2.CH2O2/c1-2-16-15(20(29)23-9-13-5-3-4-6-22-13)7-14-10-26(11-19(28)27(14)16)18-8-17(21)24-12-25-18;2-1-3/h3-6,8,12,14-16H,2,7,9-11H2,1H3,(H,23,29)(H2,21,24,25);1H,(H,2,3)/t14-,15-,16-;/m1./s1. The Morgan fingerprint density at radius 2 is 2.12 bits per heavy atom. The van der Waals surface area contributed by atoms with Crippen LogP contribution in [0.25, 0.3) is 0 Å². The average molecular weight is 441 g/mol. The van der Waals surface area contributed by atoms with Crippen LogP contribution in [0.15, 0.2) is 36.8 Å². The van der Waals surface area contributed by atoms with Crippen molar-refractivity contribution in [2.24, 2.45) is 5.92 Å². The summed E-state index contributed by atoms with van der Waals surface area (Å²) < 4.78 is 0. The van der Waals surface area contributed by atoms with Gasteiger partial charge in [-0.05, 0) is 25.0 Å². The van der Waals surface area contributed by atoms with Gasteiger partial charge >= 0.3 is 0 Å². The van der Waals surface area contributed by atoms with Crippen molar-refractivity contribution in [3.05, 3.63) is 42.5 Å². The van der Waals surface area contributed by atoms with E-state index in [1.54, 1.807) is 12.3 Å². The van der Waals surface area contributed by atoms with Crippen LogP contribution in [0, 0.1) is 5.92 Å². The highest BCUT2D eigenvalue weighted by atomic mass is 16.3. The number of piperazine rings is 1. The molecule has 4 rings (SSSR count). The smallest absolute Gasteiger partial charge is 0.290 e. The zero-order valence-electron chi connectivity index (χ0n) is 17.8. The molecular formula is C21H27N7O4. The summed E-state index contributed by atoms with van der Waals surface area (Å²) in [6.45, 7) is 3.02. The Balaban J connectivity index is 0.000000913. The van der Waals surface area contributed by atoms with Crippen LogP contribution in [0.2, 0.25) is 0 Å². The highest BCUT2D eigenvalue weighted by Crippen LogP contribution is 2.36. The number of nitrogens with one attached hydrogen (secondary N) is 1. The molecule has 4 heterocycles. The second kappa shape index (κ2) is 10.5. The van der Waals surface area contributed by atoms with E-state index in [2.05, 4.69) is 20.3 Å². The lowest BCUT2D eigenvalue weighted by atomic mass is 9.96. The predicted octanol–water partition coefficient (Wildman–Crippen LogP) is 0.287. The molecular weight excluding hydrogens is 414 g/mol. The molecule has 0 aromatic carbocycles. The number of nitrogen functional groups attached to an aromatic ring is 1. The molecule has 0 bridgehead atoms. The van der Waals surface area contributed by atoms with Gasteiger partial charge in [0, 0.05) is 24.8 Å². The third-order valence-corrected chi connectivity index (χ3v) is 5.71. The minimum Gasteiger partial charge on any atom is -0.483 e. The van der Waals surface area contributed by atoms with Gasteiger partial charge in [0.15, 0.2) is 0 Å². The molecule has 0 unspecified atom stereocenters. The Morgan fingerprint density at radius 1 is 1.34 bits per heavy atom. The molecule has 2 aromatic heterocycles. The number of fused-ring (bicyclic) bond motifs is 1. The first-order chi connectivity index (χ1) is 15.5. The molecule has 4 N–H and O–H groups in total. The summed E-state index contributed by atoms with van der Waals surface area (Å²) in [7, 11) is 0. The lowest BCUT2D eigenvalue weighted by molar-refractivity contribution is -0.135. The lowest BCUT2D eigenvalue weighted by Crippen LogP contribution is -2.56. The molecule has 0 radical (unpaired) electrons. The fourth-order valence-corrected chi connectivity index (χ4v) is 4.43. The molecule has 0 aliphatic carbocycles. The monoisotopic (exact) mass is 441 g/mol. The first-order valence-electron chi connectivity index (χ1n) is 10.4. The number of nitrogens with two attached hydrogens (primary N) is 1. The van der Waals surface area contributed by atoms with E-state index in [4.69, 9.17) is 15.6 Å². The number of pyridine rings is 1. The maximum absolute atomic E-state index is 12.9. The normalized spacial score (nSPS) is 21.9. The summed E-state index contributed by atoms with van der Waals surface area (Å²) in [6, 6.07) is 7.18. The van der Waals surface area contributed by atoms with Crippen molar-refractivity contribution in [3.63, 3.8) is 0 Å². The van der Waals surface area contributed by atoms with Crippen molar-refractivity contribution in [1.29, 1.82) is 0 Å². The van der Waals surface area contributed by atoms with Gasteiger partial charge in [-0.2, -0.15) is 0 Å². The van der Waals surface area contributed by atoms with E-state index < -0.39 is 0 Å². The molecule has 0 saturated carbocycles. The molecule has 0 spiro atoms. The van der Waals surface area contributed by atoms with Crippen molar-refractivity contribution < 1.29 is 19.5 Å². The number of rotatable bonds is 5. The van der Waals surface area contributed by atoms with Crippen LogP contribution >= 0.6 is 0 Å². The van der Waals surface area contributed by atoms with E-state index >= 15 is 0 Å². The Kier molecular flexibility index (Phi) is 7.53. The fraction of sp³-hybridized carbons (Fsp3) is 0.429. The number of carboxylic acid groups (broad SMARTS) is 1. The molecule has 2 amide bonds. The molecule has 2 aliphatic rings. The third-order valence-electron chi connectivity index (χ3n) is 5.71. The van der Waals surface area contributed by atoms with Crippen molar-refractivity contribution in [2.45, 2.75) is 38.4 Å². The summed E-state index contributed by atoms with van der Waals surface area (Å²) in [5.41, 5.74) is 6.58. The van der Waals surface area contributed by atoms with Gasteiger partial charge in [0.2, 0.25) is 11.8 Å². The second-order valence-corrected chi connectivity index (χ2v) is 7.60. The van der Waals surface area contributed by atoms with E-state index in [9.17, 15) is 9.59 Å². The summed E-state index contributed by atoms with van der Waals surface area (Å²) in [6.07, 6.45) is 4.48. The fourth-order valence-electron chi connectivity index (χ4n) is 4.43. The van der Waals surface area contributed by atoms with Crippen molar-refractivity contribution in [2.75, 3.05) is 23.7 Å². The van der Waals surface area contributed by atoms with Gasteiger partial charge in [-0.25, -0.2) is 9.97 Å². The number of aromatic nitrogens is 3. The van der Waals surface area contributed by atoms with E-state index in [0.29, 0.717) is 31.1 Å². The summed E-state index contributed by atoms with van der Waals surface area (Å²) in [5, 5.41) is 9.88. The average Bonchev–Trinajstić information content (AvgIpc) is 3.18. The summed E-state index contributed by atoms with van der Waals surface area (Å²) >= 11 is 0. The van der Waals surface area contributed by atoms with Gasteiger partial charge in [-0.1, -0.05) is 13.0 Å². The molecule has 2 saturated heterocycles. The second-order valence-electron chi connectivity index (χ2n) is 7.60. The van der Waals surface area contributed by atoms with Crippen molar-refractivity contribution in [3.8, 4) is 0 Å². The third kappa shape index (κ3) is 5.10. The van der Waals surface area contributed by atoms with Crippen LogP contribution in [0.3, 0.4) is 0 Å². The Bertz CT molecular complexity index is 943. The number of amides is 2. The van der Waals surface area contributed by atoms with E-state index in [1.165, 1.54) is 6.33 Å². The Morgan fingerprint density at radius 3 is 2.78 bits per heavy atom. The number of nitrogens with zero attached hydrogens (tertiary/aromatic N) is 5. The summed E-state index contributed by atoms with van der Waals surface area (Å²) in [4.78, 5) is 50.4. The van der Waals surface area contributed by atoms with Crippen LogP contribution < -0.4 is 16.0 Å². The van der Waals surface area contributed by atoms with Crippen molar-refractivity contribution >= 4 is 29.9 Å². The molecule has 2 aliphatic heterocycles. The first kappa shape index (κ1) is 22.9. The molecule has 11 nitrogen and oxygen atoms in total. The molecule has 3 atom stereocenters. The maximum Gasteiger partial charge on any atom is 0.290 e. The van der Waals surface area contributed by atoms with E-state index in [0.717, 1.165) is 12.1 Å². The SMILES string of the molecule is CC[C@@H]1[C@H](C(=O)NCc2ccccn2)C[C@@H]2CN(c3cc(N)ncn3)CC(=O)N21.O=CO. The number of carbonyl (C=O) groups excluding carboxylic acids is 2. The number of hydrogen-bond acceptors (Lipinski definition) is 8. The predicted molar refractivity (Wildman–Crippen MR) is 116 cm³/mol. The Hall–Kier alpha value is -3.76. The largest absolute Gasteiger partial charge is 0.483 e. The van der Waals surface area contributed by atoms with Gasteiger partial charge in [0.05, 0.1) is 30.7 Å². The number of hydrogen-bond donors (Lipinski definition) is 3. The van der Waals surface area contributed by atoms with Gasteiger partial charge in [0.1, 0.15) is 18.0 Å². The van der Waals surface area contributed by atoms with Crippen LogP contribution in [0.1, 0.15) is 25.5 Å². The molecule has 11 heteroatoms. The van der Waals surface area contributed by atoms with E-state index in [1.807, 2.05) is 34.9 Å². The van der Waals surface area contributed by atoms with Gasteiger partial charge in [-0.15, -0.1) is 0 Å².